The highest BCUT2D eigenvalue weighted by Gasteiger charge is 2.09. The number of anilines is 1. The molecule has 1 aromatic heterocycles. The molecule has 0 saturated heterocycles. The first-order valence-corrected chi connectivity index (χ1v) is 9.57. The lowest BCUT2D eigenvalue weighted by atomic mass is 10.2. The van der Waals surface area contributed by atoms with Gasteiger partial charge in [0.15, 0.2) is 18.1 Å². The third kappa shape index (κ3) is 6.30. The van der Waals surface area contributed by atoms with Gasteiger partial charge in [0.05, 0.1) is 26.0 Å². The summed E-state index contributed by atoms with van der Waals surface area (Å²) in [6.45, 7) is -0.197. The highest BCUT2D eigenvalue weighted by atomic mass is 16.5. The number of benzene rings is 2. The summed E-state index contributed by atoms with van der Waals surface area (Å²) >= 11 is 0. The fourth-order valence-electron chi connectivity index (χ4n) is 2.63. The number of hydrogen-bond acceptors (Lipinski definition) is 7. The number of nitrogens with one attached hydrogen (secondary N) is 2. The molecule has 3 rings (SSSR count). The second-order valence-corrected chi connectivity index (χ2v) is 6.42. The van der Waals surface area contributed by atoms with Gasteiger partial charge in [-0.1, -0.05) is 0 Å². The van der Waals surface area contributed by atoms with Crippen molar-refractivity contribution in [1.82, 2.24) is 10.4 Å². The molecule has 0 bridgehead atoms. The van der Waals surface area contributed by atoms with E-state index in [0.717, 1.165) is 0 Å². The molecule has 3 aromatic rings. The SMILES string of the molecule is COc1ccc(NC(=O)COc2ccc(/C=N/NC(=O)c3cccnc3)cc2OC)cc1. The number of nitrogens with zero attached hydrogens (tertiary/aromatic N) is 2. The Kier molecular flexibility index (Phi) is 7.74. The molecule has 0 aliphatic rings. The van der Waals surface area contributed by atoms with Gasteiger partial charge in [0.25, 0.3) is 11.8 Å². The highest BCUT2D eigenvalue weighted by Crippen LogP contribution is 2.27. The van der Waals surface area contributed by atoms with E-state index >= 15 is 0 Å². The van der Waals surface area contributed by atoms with Crippen molar-refractivity contribution >= 4 is 23.7 Å². The minimum atomic E-state index is -0.371. The van der Waals surface area contributed by atoms with Crippen LogP contribution in [0.4, 0.5) is 5.69 Å². The lowest BCUT2D eigenvalue weighted by Crippen LogP contribution is -2.20. The summed E-state index contributed by atoms with van der Waals surface area (Å²) in [7, 11) is 3.06. The molecule has 32 heavy (non-hydrogen) atoms. The van der Waals surface area contributed by atoms with Crippen molar-refractivity contribution in [3.05, 3.63) is 78.1 Å². The minimum Gasteiger partial charge on any atom is -0.497 e. The van der Waals surface area contributed by atoms with Crippen LogP contribution in [0.2, 0.25) is 0 Å². The standard InChI is InChI=1S/C23H22N4O5/c1-30-19-8-6-18(7-9-19)26-22(28)15-32-20-10-5-16(12-21(20)31-2)13-25-27-23(29)17-4-3-11-24-14-17/h3-14H,15H2,1-2H3,(H,26,28)(H,27,29)/b25-13+. The first-order valence-electron chi connectivity index (χ1n) is 9.57. The molecule has 0 atom stereocenters. The van der Waals surface area contributed by atoms with Gasteiger partial charge >= 0.3 is 0 Å². The number of carbonyl (C=O) groups excluding carboxylic acids is 2. The number of ether oxygens (including phenoxy) is 3. The molecule has 2 aromatic carbocycles. The third-order valence-corrected chi connectivity index (χ3v) is 4.22. The van der Waals surface area contributed by atoms with Gasteiger partial charge in [-0.05, 0) is 60.2 Å². The normalized spacial score (nSPS) is 10.4. The molecule has 0 spiro atoms. The predicted octanol–water partition coefficient (Wildman–Crippen LogP) is 2.88. The second-order valence-electron chi connectivity index (χ2n) is 6.42. The molecule has 0 aliphatic heterocycles. The summed E-state index contributed by atoms with van der Waals surface area (Å²) in [5.41, 5.74) is 4.13. The Labute approximate surface area is 185 Å². The van der Waals surface area contributed by atoms with Gasteiger partial charge in [0.2, 0.25) is 0 Å². The average molecular weight is 434 g/mol. The van der Waals surface area contributed by atoms with E-state index in [1.54, 1.807) is 67.9 Å². The van der Waals surface area contributed by atoms with Crippen LogP contribution in [0.3, 0.4) is 0 Å². The van der Waals surface area contributed by atoms with Crippen LogP contribution in [0.5, 0.6) is 17.2 Å². The smallest absolute Gasteiger partial charge is 0.272 e. The number of hydrogen-bond donors (Lipinski definition) is 2. The number of pyridine rings is 1. The summed E-state index contributed by atoms with van der Waals surface area (Å²) in [4.78, 5) is 28.0. The Hall–Kier alpha value is -4.40. The third-order valence-electron chi connectivity index (χ3n) is 4.22. The monoisotopic (exact) mass is 434 g/mol. The molecule has 0 fully saturated rings. The van der Waals surface area contributed by atoms with Crippen LogP contribution in [0.1, 0.15) is 15.9 Å². The molecule has 0 unspecified atom stereocenters. The maximum absolute atomic E-state index is 12.2. The van der Waals surface area contributed by atoms with Crippen molar-refractivity contribution in [2.75, 3.05) is 26.1 Å². The van der Waals surface area contributed by atoms with Crippen LogP contribution >= 0.6 is 0 Å². The van der Waals surface area contributed by atoms with Gasteiger partial charge in [0.1, 0.15) is 5.75 Å². The van der Waals surface area contributed by atoms with Crippen LogP contribution in [-0.4, -0.2) is 43.8 Å². The molecule has 2 N–H and O–H groups in total. The van der Waals surface area contributed by atoms with E-state index in [9.17, 15) is 9.59 Å². The molecule has 9 nitrogen and oxygen atoms in total. The minimum absolute atomic E-state index is 0.197. The van der Waals surface area contributed by atoms with Crippen molar-refractivity contribution in [3.8, 4) is 17.2 Å². The van der Waals surface area contributed by atoms with Crippen molar-refractivity contribution in [2.45, 2.75) is 0 Å². The molecule has 0 radical (unpaired) electrons. The summed E-state index contributed by atoms with van der Waals surface area (Å²) in [6.07, 6.45) is 4.50. The van der Waals surface area contributed by atoms with Gasteiger partial charge in [-0.2, -0.15) is 5.10 Å². The van der Waals surface area contributed by atoms with Crippen LogP contribution in [-0.2, 0) is 4.79 Å². The maximum Gasteiger partial charge on any atom is 0.272 e. The van der Waals surface area contributed by atoms with E-state index in [0.29, 0.717) is 34.1 Å². The fourth-order valence-corrected chi connectivity index (χ4v) is 2.63. The van der Waals surface area contributed by atoms with Gasteiger partial charge < -0.3 is 19.5 Å². The molecule has 0 aliphatic carbocycles. The van der Waals surface area contributed by atoms with E-state index in [2.05, 4.69) is 20.8 Å². The average Bonchev–Trinajstić information content (AvgIpc) is 2.84. The van der Waals surface area contributed by atoms with Crippen LogP contribution in [0.25, 0.3) is 0 Å². The van der Waals surface area contributed by atoms with E-state index in [4.69, 9.17) is 14.2 Å². The van der Waals surface area contributed by atoms with Crippen molar-refractivity contribution in [1.29, 1.82) is 0 Å². The molecule has 0 saturated carbocycles. The molecule has 164 valence electrons. The van der Waals surface area contributed by atoms with Crippen LogP contribution in [0, 0.1) is 0 Å². The van der Waals surface area contributed by atoms with Crippen LogP contribution in [0.15, 0.2) is 72.1 Å². The van der Waals surface area contributed by atoms with Crippen molar-refractivity contribution in [2.24, 2.45) is 5.10 Å². The molecule has 1 heterocycles. The van der Waals surface area contributed by atoms with Gasteiger partial charge in [0, 0.05) is 18.1 Å². The first kappa shape index (κ1) is 22.3. The van der Waals surface area contributed by atoms with Crippen molar-refractivity contribution < 1.29 is 23.8 Å². The van der Waals surface area contributed by atoms with Gasteiger partial charge in [-0.25, -0.2) is 5.43 Å². The zero-order valence-corrected chi connectivity index (χ0v) is 17.6. The number of carbonyl (C=O) groups is 2. The Morgan fingerprint density at radius 1 is 1.03 bits per heavy atom. The summed E-state index contributed by atoms with van der Waals surface area (Å²) in [6, 6.07) is 15.3. The maximum atomic E-state index is 12.2. The summed E-state index contributed by atoms with van der Waals surface area (Å²) in [5, 5.41) is 6.67. The highest BCUT2D eigenvalue weighted by molar-refractivity contribution is 5.94. The fraction of sp³-hybridized carbons (Fsp3) is 0.130. The van der Waals surface area contributed by atoms with Gasteiger partial charge in [-0.15, -0.1) is 0 Å². The Morgan fingerprint density at radius 3 is 2.53 bits per heavy atom. The lowest BCUT2D eigenvalue weighted by Gasteiger charge is -2.11. The Balaban J connectivity index is 1.55. The molecule has 2 amide bonds. The summed E-state index contributed by atoms with van der Waals surface area (Å²) in [5.74, 6) is 0.827. The quantitative estimate of drug-likeness (QED) is 0.396. The topological polar surface area (TPSA) is 111 Å². The molecular weight excluding hydrogens is 412 g/mol. The van der Waals surface area contributed by atoms with Gasteiger partial charge in [-0.3, -0.25) is 14.6 Å². The zero-order valence-electron chi connectivity index (χ0n) is 17.6. The first-order chi connectivity index (χ1) is 15.6. The second kappa shape index (κ2) is 11.1. The number of aromatic nitrogens is 1. The largest absolute Gasteiger partial charge is 0.497 e. The number of rotatable bonds is 9. The Morgan fingerprint density at radius 2 is 1.84 bits per heavy atom. The Bertz CT molecular complexity index is 1090. The zero-order chi connectivity index (χ0) is 22.8. The van der Waals surface area contributed by atoms with E-state index in [-0.39, 0.29) is 18.4 Å². The molecule has 9 heteroatoms. The lowest BCUT2D eigenvalue weighted by molar-refractivity contribution is -0.118. The predicted molar refractivity (Wildman–Crippen MR) is 119 cm³/mol. The van der Waals surface area contributed by atoms with Crippen molar-refractivity contribution in [3.63, 3.8) is 0 Å². The number of hydrazone groups is 1. The van der Waals surface area contributed by atoms with E-state index < -0.39 is 0 Å². The van der Waals surface area contributed by atoms with E-state index in [1.165, 1.54) is 19.5 Å². The number of methoxy groups -OCH3 is 2. The number of amides is 2. The van der Waals surface area contributed by atoms with E-state index in [1.807, 2.05) is 0 Å². The van der Waals surface area contributed by atoms with Crippen LogP contribution < -0.4 is 25.0 Å². The summed E-state index contributed by atoms with van der Waals surface area (Å²) < 4.78 is 16.0. The molecular formula is C23H22N4O5.